The first-order chi connectivity index (χ1) is 7.54. The fourth-order valence-electron chi connectivity index (χ4n) is 2.00. The summed E-state index contributed by atoms with van der Waals surface area (Å²) in [5.41, 5.74) is 0.596. The molecule has 0 aliphatic heterocycles. The average Bonchev–Trinajstić information content (AvgIpc) is 2.13. The zero-order valence-corrected chi connectivity index (χ0v) is 9.08. The zero-order chi connectivity index (χ0) is 11.7. The van der Waals surface area contributed by atoms with E-state index in [2.05, 4.69) is 5.32 Å². The van der Waals surface area contributed by atoms with Crippen molar-refractivity contribution in [3.63, 3.8) is 0 Å². The average molecular weight is 227 g/mol. The van der Waals surface area contributed by atoms with Crippen LogP contribution in [0.2, 0.25) is 0 Å². The standard InChI is InChI=1S/C12H15F2NO/c1-7(15-11-5-12(16)6-11)8-2-9(13)4-10(14)3-8/h2-4,7,11-12,15-16H,5-6H2,1H3. The van der Waals surface area contributed by atoms with Crippen molar-refractivity contribution in [1.29, 1.82) is 0 Å². The molecule has 16 heavy (non-hydrogen) atoms. The highest BCUT2D eigenvalue weighted by molar-refractivity contribution is 5.21. The van der Waals surface area contributed by atoms with Crippen LogP contribution < -0.4 is 5.32 Å². The molecule has 0 amide bonds. The highest BCUT2D eigenvalue weighted by Crippen LogP contribution is 2.24. The number of benzene rings is 1. The van der Waals surface area contributed by atoms with Crippen LogP contribution in [-0.4, -0.2) is 17.3 Å². The summed E-state index contributed by atoms with van der Waals surface area (Å²) >= 11 is 0. The van der Waals surface area contributed by atoms with Gasteiger partial charge in [0.15, 0.2) is 0 Å². The Labute approximate surface area is 93.3 Å². The second kappa shape index (κ2) is 4.47. The molecule has 1 unspecified atom stereocenters. The van der Waals surface area contributed by atoms with Crippen molar-refractivity contribution in [1.82, 2.24) is 5.32 Å². The van der Waals surface area contributed by atoms with E-state index in [0.29, 0.717) is 18.4 Å². The molecule has 2 N–H and O–H groups in total. The van der Waals surface area contributed by atoms with Gasteiger partial charge in [-0.2, -0.15) is 0 Å². The van der Waals surface area contributed by atoms with E-state index in [9.17, 15) is 8.78 Å². The fourth-order valence-corrected chi connectivity index (χ4v) is 2.00. The second-order valence-corrected chi connectivity index (χ2v) is 4.41. The van der Waals surface area contributed by atoms with Gasteiger partial charge in [0, 0.05) is 18.2 Å². The molecule has 4 heteroatoms. The monoisotopic (exact) mass is 227 g/mol. The highest BCUT2D eigenvalue weighted by Gasteiger charge is 2.28. The molecule has 0 aromatic heterocycles. The molecular formula is C12H15F2NO. The third-order valence-electron chi connectivity index (χ3n) is 2.98. The molecule has 1 aliphatic carbocycles. The minimum atomic E-state index is -0.558. The van der Waals surface area contributed by atoms with Crippen molar-refractivity contribution in [3.05, 3.63) is 35.4 Å². The van der Waals surface area contributed by atoms with Crippen molar-refractivity contribution in [2.75, 3.05) is 0 Å². The predicted molar refractivity (Wildman–Crippen MR) is 56.9 cm³/mol. The van der Waals surface area contributed by atoms with Crippen LogP contribution in [0.1, 0.15) is 31.4 Å². The van der Waals surface area contributed by atoms with Gasteiger partial charge in [0.1, 0.15) is 11.6 Å². The van der Waals surface area contributed by atoms with Crippen LogP contribution in [0.25, 0.3) is 0 Å². The Hall–Kier alpha value is -1.00. The Bertz CT molecular complexity index is 357. The van der Waals surface area contributed by atoms with Gasteiger partial charge in [-0.25, -0.2) is 8.78 Å². The van der Waals surface area contributed by atoms with E-state index in [1.807, 2.05) is 6.92 Å². The lowest BCUT2D eigenvalue weighted by Crippen LogP contribution is -2.45. The van der Waals surface area contributed by atoms with E-state index >= 15 is 0 Å². The van der Waals surface area contributed by atoms with Crippen LogP contribution in [0.3, 0.4) is 0 Å². The van der Waals surface area contributed by atoms with Crippen molar-refractivity contribution in [2.24, 2.45) is 0 Å². The van der Waals surface area contributed by atoms with Gasteiger partial charge in [0.05, 0.1) is 6.10 Å². The SMILES string of the molecule is CC(NC1CC(O)C1)c1cc(F)cc(F)c1. The summed E-state index contributed by atoms with van der Waals surface area (Å²) in [5.74, 6) is -1.12. The van der Waals surface area contributed by atoms with Gasteiger partial charge in [-0.15, -0.1) is 0 Å². The molecule has 0 heterocycles. The Morgan fingerprint density at radius 1 is 1.25 bits per heavy atom. The summed E-state index contributed by atoms with van der Waals surface area (Å²) in [7, 11) is 0. The largest absolute Gasteiger partial charge is 0.393 e. The van der Waals surface area contributed by atoms with Gasteiger partial charge >= 0.3 is 0 Å². The maximum atomic E-state index is 13.0. The smallest absolute Gasteiger partial charge is 0.126 e. The van der Waals surface area contributed by atoms with Crippen LogP contribution in [0.4, 0.5) is 8.78 Å². The quantitative estimate of drug-likeness (QED) is 0.829. The van der Waals surface area contributed by atoms with Crippen molar-refractivity contribution < 1.29 is 13.9 Å². The lowest BCUT2D eigenvalue weighted by Gasteiger charge is -2.34. The number of aliphatic hydroxyl groups excluding tert-OH is 1. The zero-order valence-electron chi connectivity index (χ0n) is 9.08. The van der Waals surface area contributed by atoms with Crippen molar-refractivity contribution >= 4 is 0 Å². The maximum absolute atomic E-state index is 13.0. The summed E-state index contributed by atoms with van der Waals surface area (Å²) in [4.78, 5) is 0. The molecule has 2 nitrogen and oxygen atoms in total. The van der Waals surface area contributed by atoms with E-state index in [1.165, 1.54) is 12.1 Å². The van der Waals surface area contributed by atoms with Gasteiger partial charge in [-0.1, -0.05) is 0 Å². The third kappa shape index (κ3) is 2.57. The van der Waals surface area contributed by atoms with Crippen LogP contribution in [0.5, 0.6) is 0 Å². The Kier molecular flexibility index (Phi) is 3.21. The molecule has 0 spiro atoms. The van der Waals surface area contributed by atoms with Crippen LogP contribution in [0, 0.1) is 11.6 Å². The third-order valence-corrected chi connectivity index (χ3v) is 2.98. The van der Waals surface area contributed by atoms with Gasteiger partial charge in [0.25, 0.3) is 0 Å². The molecule has 1 aromatic rings. The maximum Gasteiger partial charge on any atom is 0.126 e. The lowest BCUT2D eigenvalue weighted by molar-refractivity contribution is 0.0585. The second-order valence-electron chi connectivity index (χ2n) is 4.41. The summed E-state index contributed by atoms with van der Waals surface area (Å²) in [6, 6.07) is 3.66. The number of rotatable bonds is 3. The first kappa shape index (κ1) is 11.5. The van der Waals surface area contributed by atoms with Crippen molar-refractivity contribution in [3.8, 4) is 0 Å². The molecular weight excluding hydrogens is 212 g/mol. The number of nitrogens with one attached hydrogen (secondary N) is 1. The number of halogens is 2. The minimum absolute atomic E-state index is 0.109. The molecule has 1 atom stereocenters. The molecule has 1 fully saturated rings. The molecule has 0 bridgehead atoms. The summed E-state index contributed by atoms with van der Waals surface area (Å²) in [6.07, 6.45) is 1.19. The molecule has 1 aliphatic rings. The topological polar surface area (TPSA) is 32.3 Å². The minimum Gasteiger partial charge on any atom is -0.393 e. The summed E-state index contributed by atoms with van der Waals surface area (Å²) < 4.78 is 26.0. The van der Waals surface area contributed by atoms with E-state index < -0.39 is 11.6 Å². The Morgan fingerprint density at radius 3 is 2.31 bits per heavy atom. The lowest BCUT2D eigenvalue weighted by atomic mass is 9.88. The van der Waals surface area contributed by atoms with Crippen LogP contribution in [-0.2, 0) is 0 Å². The van der Waals surface area contributed by atoms with Gasteiger partial charge in [-0.05, 0) is 37.5 Å². The Morgan fingerprint density at radius 2 is 1.81 bits per heavy atom. The molecule has 1 aromatic carbocycles. The molecule has 0 saturated heterocycles. The molecule has 1 saturated carbocycles. The summed E-state index contributed by atoms with van der Waals surface area (Å²) in [6.45, 7) is 1.86. The Balaban J connectivity index is 2.00. The predicted octanol–water partition coefficient (Wildman–Crippen LogP) is 2.14. The first-order valence-electron chi connectivity index (χ1n) is 5.44. The molecule has 2 rings (SSSR count). The van der Waals surface area contributed by atoms with E-state index in [1.54, 1.807) is 0 Å². The number of hydrogen-bond donors (Lipinski definition) is 2. The van der Waals surface area contributed by atoms with Gasteiger partial charge < -0.3 is 10.4 Å². The van der Waals surface area contributed by atoms with E-state index in [0.717, 1.165) is 6.07 Å². The first-order valence-corrected chi connectivity index (χ1v) is 5.44. The van der Waals surface area contributed by atoms with Crippen molar-refractivity contribution in [2.45, 2.75) is 38.0 Å². The number of aliphatic hydroxyl groups is 1. The molecule has 0 radical (unpaired) electrons. The normalized spacial score (nSPS) is 26.2. The van der Waals surface area contributed by atoms with Gasteiger partial charge in [-0.3, -0.25) is 0 Å². The number of hydrogen-bond acceptors (Lipinski definition) is 2. The van der Waals surface area contributed by atoms with E-state index in [4.69, 9.17) is 5.11 Å². The van der Waals surface area contributed by atoms with Crippen LogP contribution in [0.15, 0.2) is 18.2 Å². The van der Waals surface area contributed by atoms with Crippen LogP contribution >= 0.6 is 0 Å². The van der Waals surface area contributed by atoms with Gasteiger partial charge in [0.2, 0.25) is 0 Å². The highest BCUT2D eigenvalue weighted by atomic mass is 19.1. The molecule has 88 valence electrons. The summed E-state index contributed by atoms with van der Waals surface area (Å²) in [5, 5.41) is 12.4. The fraction of sp³-hybridized carbons (Fsp3) is 0.500. The van der Waals surface area contributed by atoms with E-state index in [-0.39, 0.29) is 18.2 Å².